The zero-order valence-electron chi connectivity index (χ0n) is 7.77. The zero-order valence-corrected chi connectivity index (χ0v) is 7.77. The lowest BCUT2D eigenvalue weighted by Crippen LogP contribution is -2.27. The predicted octanol–water partition coefficient (Wildman–Crippen LogP) is 1.22. The van der Waals surface area contributed by atoms with Gasteiger partial charge in [0.1, 0.15) is 0 Å². The van der Waals surface area contributed by atoms with Crippen molar-refractivity contribution in [3.8, 4) is 0 Å². The molecule has 0 bridgehead atoms. The summed E-state index contributed by atoms with van der Waals surface area (Å²) < 4.78 is 0. The van der Waals surface area contributed by atoms with Crippen LogP contribution >= 0.6 is 0 Å². The number of allylic oxidation sites excluding steroid dienone is 2. The minimum Gasteiger partial charge on any atom is -0.400 e. The van der Waals surface area contributed by atoms with E-state index in [2.05, 4.69) is 12.3 Å². The van der Waals surface area contributed by atoms with Crippen molar-refractivity contribution in [3.05, 3.63) is 11.4 Å². The molecule has 0 aromatic heterocycles. The summed E-state index contributed by atoms with van der Waals surface area (Å²) >= 11 is 0. The lowest BCUT2D eigenvalue weighted by atomic mass is 9.94. The molecule has 1 unspecified atom stereocenters. The molecular formula is C9H19N3. The summed E-state index contributed by atoms with van der Waals surface area (Å²) in [5, 5.41) is 0. The lowest BCUT2D eigenvalue weighted by molar-refractivity contribution is 0.502. The number of rotatable bonds is 1. The van der Waals surface area contributed by atoms with Crippen molar-refractivity contribution in [2.75, 3.05) is 0 Å². The minimum absolute atomic E-state index is 0.483. The van der Waals surface area contributed by atoms with Gasteiger partial charge in [-0.3, -0.25) is 5.84 Å². The van der Waals surface area contributed by atoms with Crippen LogP contribution in [0.2, 0.25) is 0 Å². The summed E-state index contributed by atoms with van der Waals surface area (Å²) in [5.74, 6) is 5.87. The Balaban J connectivity index is 2.71. The summed E-state index contributed by atoms with van der Waals surface area (Å²) in [6.07, 6.45) is 5.99. The van der Waals surface area contributed by atoms with Gasteiger partial charge >= 0.3 is 0 Å². The Hall–Kier alpha value is -0.700. The van der Waals surface area contributed by atoms with E-state index in [9.17, 15) is 0 Å². The molecule has 0 fully saturated rings. The van der Waals surface area contributed by atoms with Crippen LogP contribution in [0.4, 0.5) is 0 Å². The van der Waals surface area contributed by atoms with E-state index in [1.807, 2.05) is 0 Å². The number of hydrogen-bond donors (Lipinski definition) is 3. The fourth-order valence-electron chi connectivity index (χ4n) is 1.68. The molecular weight excluding hydrogens is 150 g/mol. The van der Waals surface area contributed by atoms with Gasteiger partial charge in [0, 0.05) is 11.4 Å². The maximum atomic E-state index is 5.94. The topological polar surface area (TPSA) is 64.1 Å². The molecule has 5 N–H and O–H groups in total. The average molecular weight is 169 g/mol. The molecule has 0 aromatic carbocycles. The van der Waals surface area contributed by atoms with Crippen LogP contribution in [-0.4, -0.2) is 0 Å². The highest BCUT2D eigenvalue weighted by molar-refractivity contribution is 5.11. The van der Waals surface area contributed by atoms with E-state index in [1.54, 1.807) is 0 Å². The highest BCUT2D eigenvalue weighted by Gasteiger charge is 2.12. The summed E-state index contributed by atoms with van der Waals surface area (Å²) in [5.41, 5.74) is 10.6. The zero-order chi connectivity index (χ0) is 8.97. The number of nitrogens with two attached hydrogens (primary N) is 2. The highest BCUT2D eigenvalue weighted by Crippen LogP contribution is 2.22. The molecule has 0 amide bonds. The van der Waals surface area contributed by atoms with Crippen LogP contribution in [-0.2, 0) is 0 Å². The second kappa shape index (κ2) is 4.36. The molecule has 0 spiro atoms. The van der Waals surface area contributed by atoms with Gasteiger partial charge in [-0.2, -0.15) is 0 Å². The van der Waals surface area contributed by atoms with Crippen LogP contribution < -0.4 is 17.0 Å². The molecule has 1 rings (SSSR count). The van der Waals surface area contributed by atoms with Crippen LogP contribution in [0.25, 0.3) is 0 Å². The molecule has 70 valence electrons. The van der Waals surface area contributed by atoms with Gasteiger partial charge in [-0.1, -0.05) is 19.8 Å². The Kier molecular flexibility index (Phi) is 3.41. The molecule has 3 heteroatoms. The maximum Gasteiger partial charge on any atom is 0.0449 e. The van der Waals surface area contributed by atoms with Crippen molar-refractivity contribution in [2.45, 2.75) is 39.0 Å². The Morgan fingerprint density at radius 1 is 1.33 bits per heavy atom. The maximum absolute atomic E-state index is 5.94. The molecule has 1 aliphatic rings. The second-order valence-corrected chi connectivity index (χ2v) is 3.58. The van der Waals surface area contributed by atoms with Crippen molar-refractivity contribution in [1.29, 1.82) is 0 Å². The van der Waals surface area contributed by atoms with Crippen molar-refractivity contribution >= 4 is 0 Å². The lowest BCUT2D eigenvalue weighted by Gasteiger charge is -2.20. The highest BCUT2D eigenvalue weighted by atomic mass is 15.2. The summed E-state index contributed by atoms with van der Waals surface area (Å²) in [4.78, 5) is 0. The van der Waals surface area contributed by atoms with Crippen LogP contribution in [0.3, 0.4) is 0 Å². The van der Waals surface area contributed by atoms with E-state index in [0.29, 0.717) is 5.92 Å². The Bertz CT molecular complexity index is 175. The largest absolute Gasteiger partial charge is 0.400 e. The Morgan fingerprint density at radius 2 is 2.08 bits per heavy atom. The standard InChI is InChI=1S/C9H19N3/c1-7-5-3-2-4-6-8(12-11)9(7)10/h7,12H,2-6,10-11H2,1H3/b9-8-. The Labute approximate surface area is 74.2 Å². The van der Waals surface area contributed by atoms with Crippen molar-refractivity contribution in [2.24, 2.45) is 17.5 Å². The van der Waals surface area contributed by atoms with Gasteiger partial charge < -0.3 is 11.2 Å². The molecule has 12 heavy (non-hydrogen) atoms. The van der Waals surface area contributed by atoms with Crippen LogP contribution in [0, 0.1) is 5.92 Å². The second-order valence-electron chi connectivity index (χ2n) is 3.58. The first-order chi connectivity index (χ1) is 5.75. The normalized spacial score (nSPS) is 32.3. The molecule has 1 aliphatic carbocycles. The first-order valence-corrected chi connectivity index (χ1v) is 4.71. The van der Waals surface area contributed by atoms with E-state index >= 15 is 0 Å². The van der Waals surface area contributed by atoms with E-state index in [4.69, 9.17) is 11.6 Å². The van der Waals surface area contributed by atoms with Gasteiger partial charge in [-0.15, -0.1) is 0 Å². The summed E-state index contributed by atoms with van der Waals surface area (Å²) in [6.45, 7) is 2.16. The van der Waals surface area contributed by atoms with Crippen LogP contribution in [0.15, 0.2) is 11.4 Å². The molecule has 0 saturated heterocycles. The number of nitrogens with one attached hydrogen (secondary N) is 1. The van der Waals surface area contributed by atoms with E-state index in [1.165, 1.54) is 25.7 Å². The van der Waals surface area contributed by atoms with Gasteiger partial charge in [0.25, 0.3) is 0 Å². The number of hydrogen-bond acceptors (Lipinski definition) is 3. The first-order valence-electron chi connectivity index (χ1n) is 4.71. The number of hydrazine groups is 1. The summed E-state index contributed by atoms with van der Waals surface area (Å²) in [6, 6.07) is 0. The monoisotopic (exact) mass is 169 g/mol. The van der Waals surface area contributed by atoms with Crippen molar-refractivity contribution in [3.63, 3.8) is 0 Å². The average Bonchev–Trinajstić information content (AvgIpc) is 2.07. The fraction of sp³-hybridized carbons (Fsp3) is 0.778. The Morgan fingerprint density at radius 3 is 2.75 bits per heavy atom. The molecule has 1 atom stereocenters. The molecule has 0 aromatic rings. The van der Waals surface area contributed by atoms with Crippen molar-refractivity contribution in [1.82, 2.24) is 5.43 Å². The minimum atomic E-state index is 0.483. The molecule has 0 heterocycles. The van der Waals surface area contributed by atoms with Gasteiger partial charge in [-0.25, -0.2) is 0 Å². The third-order valence-corrected chi connectivity index (χ3v) is 2.62. The van der Waals surface area contributed by atoms with E-state index < -0.39 is 0 Å². The van der Waals surface area contributed by atoms with E-state index in [-0.39, 0.29) is 0 Å². The third kappa shape index (κ3) is 2.14. The molecule has 0 radical (unpaired) electrons. The third-order valence-electron chi connectivity index (χ3n) is 2.62. The predicted molar refractivity (Wildman–Crippen MR) is 50.8 cm³/mol. The smallest absolute Gasteiger partial charge is 0.0449 e. The fourth-order valence-corrected chi connectivity index (χ4v) is 1.68. The SMILES string of the molecule is CC1CCCCC/C(NN)=C\1N. The summed E-state index contributed by atoms with van der Waals surface area (Å²) in [7, 11) is 0. The van der Waals surface area contributed by atoms with Gasteiger partial charge in [0.2, 0.25) is 0 Å². The first kappa shape index (κ1) is 9.39. The van der Waals surface area contributed by atoms with E-state index in [0.717, 1.165) is 17.8 Å². The van der Waals surface area contributed by atoms with Gasteiger partial charge in [-0.05, 0) is 25.2 Å². The molecule has 0 aliphatic heterocycles. The van der Waals surface area contributed by atoms with Gasteiger partial charge in [0.05, 0.1) is 0 Å². The van der Waals surface area contributed by atoms with Crippen LogP contribution in [0.1, 0.15) is 39.0 Å². The van der Waals surface area contributed by atoms with Crippen LogP contribution in [0.5, 0.6) is 0 Å². The van der Waals surface area contributed by atoms with Crippen molar-refractivity contribution < 1.29 is 0 Å². The van der Waals surface area contributed by atoms with Gasteiger partial charge in [0.15, 0.2) is 0 Å². The molecule has 3 nitrogen and oxygen atoms in total. The molecule has 0 saturated carbocycles. The quantitative estimate of drug-likeness (QED) is 0.408.